The van der Waals surface area contributed by atoms with Crippen molar-refractivity contribution in [3.63, 3.8) is 0 Å². The first-order valence-corrected chi connectivity index (χ1v) is 7.58. The number of hydrogen-bond acceptors (Lipinski definition) is 0. The summed E-state index contributed by atoms with van der Waals surface area (Å²) < 4.78 is 2.17. The highest BCUT2D eigenvalue weighted by molar-refractivity contribution is 8.09. The summed E-state index contributed by atoms with van der Waals surface area (Å²) in [5, 5.41) is 2.23. The van der Waals surface area contributed by atoms with Gasteiger partial charge < -0.3 is 4.57 Å². The minimum Gasteiger partial charge on any atom is -0.347 e. The highest BCUT2D eigenvalue weighted by Gasteiger charge is 2.12. The van der Waals surface area contributed by atoms with Crippen molar-refractivity contribution in [2.24, 2.45) is 0 Å². The molecule has 14 heavy (non-hydrogen) atoms. The quantitative estimate of drug-likeness (QED) is 0.703. The summed E-state index contributed by atoms with van der Waals surface area (Å²) in [4.78, 5) is 0. The van der Waals surface area contributed by atoms with Crippen molar-refractivity contribution >= 4 is 45.3 Å². The lowest BCUT2D eigenvalue weighted by Gasteiger charge is -1.98. The fraction of sp³-hybridized carbons (Fsp3) is 0.200. The minimum absolute atomic E-state index is 0.942. The van der Waals surface area contributed by atoms with Gasteiger partial charge in [-0.05, 0) is 13.0 Å². The molecule has 0 spiro atoms. The first-order valence-electron chi connectivity index (χ1n) is 4.43. The number of fused-ring (bicyclic) bond motifs is 1. The third-order valence-corrected chi connectivity index (χ3v) is 4.10. The molecular formula is C10H10Cl2NP. The Morgan fingerprint density at radius 3 is 2.64 bits per heavy atom. The van der Waals surface area contributed by atoms with Crippen LogP contribution in [0.3, 0.4) is 0 Å². The Labute approximate surface area is 94.0 Å². The number of rotatable bonds is 2. The zero-order valence-corrected chi connectivity index (χ0v) is 10.2. The van der Waals surface area contributed by atoms with Gasteiger partial charge in [0.2, 0.25) is 0 Å². The highest BCUT2D eigenvalue weighted by Crippen LogP contribution is 2.47. The Balaban J connectivity index is 2.73. The molecule has 1 heterocycles. The van der Waals surface area contributed by atoms with E-state index in [0.29, 0.717) is 0 Å². The summed E-state index contributed by atoms with van der Waals surface area (Å²) in [5.74, 6) is 0. The maximum atomic E-state index is 5.97. The fourth-order valence-corrected chi connectivity index (χ4v) is 3.03. The smallest absolute Gasteiger partial charge is 0.119 e. The molecule has 4 heteroatoms. The molecule has 0 atom stereocenters. The molecule has 0 saturated heterocycles. The molecule has 0 N–H and O–H groups in total. The summed E-state index contributed by atoms with van der Waals surface area (Å²) in [6, 6.07) is 8.20. The summed E-state index contributed by atoms with van der Waals surface area (Å²) >= 11 is 11.9. The van der Waals surface area contributed by atoms with E-state index in [1.807, 2.05) is 12.1 Å². The average Bonchev–Trinajstić information content (AvgIpc) is 2.56. The van der Waals surface area contributed by atoms with Gasteiger partial charge in [-0.1, -0.05) is 40.7 Å². The van der Waals surface area contributed by atoms with Gasteiger partial charge in [-0.3, -0.25) is 0 Å². The van der Waals surface area contributed by atoms with Crippen molar-refractivity contribution in [1.29, 1.82) is 0 Å². The van der Waals surface area contributed by atoms with E-state index in [4.69, 9.17) is 22.5 Å². The average molecular weight is 246 g/mol. The molecule has 0 fully saturated rings. The third kappa shape index (κ3) is 1.65. The number of aromatic nitrogens is 1. The van der Waals surface area contributed by atoms with Crippen molar-refractivity contribution < 1.29 is 0 Å². The summed E-state index contributed by atoms with van der Waals surface area (Å²) in [7, 11) is 0. The van der Waals surface area contributed by atoms with Crippen LogP contribution in [-0.2, 0) is 6.54 Å². The van der Waals surface area contributed by atoms with Crippen LogP contribution in [0.2, 0.25) is 0 Å². The topological polar surface area (TPSA) is 4.93 Å². The zero-order valence-electron chi connectivity index (χ0n) is 7.74. The van der Waals surface area contributed by atoms with Crippen LogP contribution in [-0.4, -0.2) is 4.57 Å². The molecule has 1 nitrogen and oxygen atoms in total. The molecule has 0 saturated carbocycles. The Kier molecular flexibility index (Phi) is 3.02. The standard InChI is InChI=1S/C10H10Cl2NP/c1-2-13-7-10(14(11)12)8-5-3-4-6-9(8)13/h3-7H,2H2,1H3. The van der Waals surface area contributed by atoms with E-state index in [2.05, 4.69) is 29.8 Å². The summed E-state index contributed by atoms with van der Waals surface area (Å²) in [6.07, 6.45) is 2.05. The number of benzene rings is 1. The van der Waals surface area contributed by atoms with Gasteiger partial charge in [0.25, 0.3) is 0 Å². The van der Waals surface area contributed by atoms with Gasteiger partial charge >= 0.3 is 0 Å². The molecule has 0 bridgehead atoms. The molecule has 1 aromatic carbocycles. The first kappa shape index (κ1) is 10.3. The molecule has 0 unspecified atom stereocenters. The summed E-state index contributed by atoms with van der Waals surface area (Å²) in [5.41, 5.74) is 1.21. The Bertz CT molecular complexity index is 450. The molecule has 74 valence electrons. The maximum absolute atomic E-state index is 5.97. The number of hydrogen-bond donors (Lipinski definition) is 0. The van der Waals surface area contributed by atoms with Gasteiger partial charge in [0.1, 0.15) is 6.63 Å². The van der Waals surface area contributed by atoms with Crippen LogP contribution in [0, 0.1) is 0 Å². The first-order chi connectivity index (χ1) is 6.74. The van der Waals surface area contributed by atoms with Crippen molar-refractivity contribution in [3.05, 3.63) is 30.5 Å². The number of para-hydroxylation sites is 1. The van der Waals surface area contributed by atoms with Crippen LogP contribution in [0.1, 0.15) is 6.92 Å². The van der Waals surface area contributed by atoms with Gasteiger partial charge in [0, 0.05) is 28.9 Å². The zero-order chi connectivity index (χ0) is 10.1. The van der Waals surface area contributed by atoms with Crippen LogP contribution >= 0.6 is 29.1 Å². The fourth-order valence-electron chi connectivity index (χ4n) is 1.62. The Morgan fingerprint density at radius 1 is 1.29 bits per heavy atom. The second-order valence-electron chi connectivity index (χ2n) is 3.05. The molecule has 1 aromatic heterocycles. The van der Waals surface area contributed by atoms with Gasteiger partial charge in [-0.25, -0.2) is 0 Å². The molecule has 0 radical (unpaired) electrons. The monoisotopic (exact) mass is 245 g/mol. The van der Waals surface area contributed by atoms with Crippen LogP contribution in [0.15, 0.2) is 30.5 Å². The highest BCUT2D eigenvalue weighted by atomic mass is 35.9. The van der Waals surface area contributed by atoms with Crippen molar-refractivity contribution in [3.8, 4) is 0 Å². The van der Waals surface area contributed by atoms with E-state index < -0.39 is 6.63 Å². The lowest BCUT2D eigenvalue weighted by atomic mass is 10.2. The number of halogens is 2. The van der Waals surface area contributed by atoms with Crippen LogP contribution < -0.4 is 5.30 Å². The second kappa shape index (κ2) is 4.10. The Morgan fingerprint density at radius 2 is 2.00 bits per heavy atom. The molecule has 0 aliphatic rings. The molecule has 2 rings (SSSR count). The molecule has 2 aromatic rings. The minimum atomic E-state index is -1.06. The van der Waals surface area contributed by atoms with Gasteiger partial charge in [-0.15, -0.1) is 0 Å². The van der Waals surface area contributed by atoms with Gasteiger partial charge in [0.15, 0.2) is 0 Å². The predicted octanol–water partition coefficient (Wildman–Crippen LogP) is 4.08. The molecule has 0 aliphatic heterocycles. The van der Waals surface area contributed by atoms with Crippen LogP contribution in [0.5, 0.6) is 0 Å². The van der Waals surface area contributed by atoms with E-state index in [1.54, 1.807) is 0 Å². The third-order valence-electron chi connectivity index (χ3n) is 2.29. The largest absolute Gasteiger partial charge is 0.347 e. The van der Waals surface area contributed by atoms with E-state index in [1.165, 1.54) is 10.9 Å². The van der Waals surface area contributed by atoms with Crippen molar-refractivity contribution in [2.45, 2.75) is 13.5 Å². The van der Waals surface area contributed by atoms with E-state index in [0.717, 1.165) is 11.8 Å². The molecule has 0 aliphatic carbocycles. The maximum Gasteiger partial charge on any atom is 0.119 e. The second-order valence-corrected chi connectivity index (χ2v) is 6.55. The normalized spacial score (nSPS) is 11.4. The molecular weight excluding hydrogens is 236 g/mol. The van der Waals surface area contributed by atoms with Crippen LogP contribution in [0.4, 0.5) is 0 Å². The molecule has 0 amide bonds. The van der Waals surface area contributed by atoms with Crippen molar-refractivity contribution in [1.82, 2.24) is 4.57 Å². The van der Waals surface area contributed by atoms with Gasteiger partial charge in [0.05, 0.1) is 0 Å². The van der Waals surface area contributed by atoms with Crippen molar-refractivity contribution in [2.75, 3.05) is 0 Å². The predicted molar refractivity (Wildman–Crippen MR) is 65.9 cm³/mol. The Hall–Kier alpha value is -0.230. The summed E-state index contributed by atoms with van der Waals surface area (Å²) in [6.45, 7) is 2.00. The number of aryl methyl sites for hydroxylation is 1. The SMILES string of the molecule is CCn1cc(P(Cl)Cl)c2ccccc21. The van der Waals surface area contributed by atoms with Crippen LogP contribution in [0.25, 0.3) is 10.9 Å². The lowest BCUT2D eigenvalue weighted by Crippen LogP contribution is -1.93. The van der Waals surface area contributed by atoms with Gasteiger partial charge in [-0.2, -0.15) is 0 Å². The lowest BCUT2D eigenvalue weighted by molar-refractivity contribution is 0.799. The number of nitrogens with zero attached hydrogens (tertiary/aromatic N) is 1. The van der Waals surface area contributed by atoms with E-state index in [-0.39, 0.29) is 0 Å². The van der Waals surface area contributed by atoms with E-state index >= 15 is 0 Å². The van der Waals surface area contributed by atoms with E-state index in [9.17, 15) is 0 Å².